The number of anilines is 1. The van der Waals surface area contributed by atoms with Crippen LogP contribution in [0.2, 0.25) is 0 Å². The van der Waals surface area contributed by atoms with Gasteiger partial charge in [0.25, 0.3) is 11.8 Å². The fraction of sp³-hybridized carbons (Fsp3) is 0.364. The van der Waals surface area contributed by atoms with Crippen LogP contribution < -0.4 is 15.4 Å². The van der Waals surface area contributed by atoms with E-state index in [-0.39, 0.29) is 11.8 Å². The van der Waals surface area contributed by atoms with Crippen molar-refractivity contribution in [3.8, 4) is 5.75 Å². The second-order valence-corrected chi connectivity index (χ2v) is 6.21. The lowest BCUT2D eigenvalue weighted by molar-refractivity contribution is 0.0952. The zero-order valence-corrected chi connectivity index (χ0v) is 16.5. The summed E-state index contributed by atoms with van der Waals surface area (Å²) in [6.07, 6.45) is 1.99. The highest BCUT2D eigenvalue weighted by atomic mass is 16.5. The summed E-state index contributed by atoms with van der Waals surface area (Å²) in [6.45, 7) is 6.34. The number of amides is 2. The van der Waals surface area contributed by atoms with Gasteiger partial charge in [-0.25, -0.2) is 0 Å². The van der Waals surface area contributed by atoms with E-state index in [9.17, 15) is 9.59 Å². The number of ether oxygens (including phenoxy) is 2. The summed E-state index contributed by atoms with van der Waals surface area (Å²) in [5.74, 6) is 0.363. The Kier molecular flexibility index (Phi) is 9.01. The lowest BCUT2D eigenvalue weighted by Gasteiger charge is -2.09. The number of nitrogens with one attached hydrogen (secondary N) is 2. The van der Waals surface area contributed by atoms with Crippen LogP contribution in [0.4, 0.5) is 5.69 Å². The Balaban J connectivity index is 1.85. The first-order valence-electron chi connectivity index (χ1n) is 9.64. The molecule has 2 aromatic carbocycles. The monoisotopic (exact) mass is 384 g/mol. The third kappa shape index (κ3) is 7.04. The molecule has 6 heteroatoms. The fourth-order valence-corrected chi connectivity index (χ4v) is 2.45. The van der Waals surface area contributed by atoms with E-state index in [0.717, 1.165) is 12.8 Å². The average molecular weight is 384 g/mol. The first-order chi connectivity index (χ1) is 13.6. The molecule has 0 spiro atoms. The van der Waals surface area contributed by atoms with Crippen LogP contribution in [0.3, 0.4) is 0 Å². The number of benzene rings is 2. The van der Waals surface area contributed by atoms with Crippen molar-refractivity contribution in [2.75, 3.05) is 31.7 Å². The van der Waals surface area contributed by atoms with Crippen LogP contribution in [-0.2, 0) is 4.74 Å². The summed E-state index contributed by atoms with van der Waals surface area (Å²) in [6, 6.07) is 13.8. The van der Waals surface area contributed by atoms with Gasteiger partial charge in [-0.1, -0.05) is 13.3 Å². The van der Waals surface area contributed by atoms with Crippen LogP contribution >= 0.6 is 0 Å². The topological polar surface area (TPSA) is 76.7 Å². The SMILES string of the molecule is CCCCNC(=O)c1ccc(NC(=O)c2ccc(OCCOCC)cc2)cc1. The minimum Gasteiger partial charge on any atom is -0.491 e. The molecule has 2 amide bonds. The highest BCUT2D eigenvalue weighted by Gasteiger charge is 2.08. The summed E-state index contributed by atoms with van der Waals surface area (Å²) in [7, 11) is 0. The molecule has 28 heavy (non-hydrogen) atoms. The molecule has 0 radical (unpaired) electrons. The average Bonchev–Trinajstić information content (AvgIpc) is 2.72. The van der Waals surface area contributed by atoms with Crippen molar-refractivity contribution >= 4 is 17.5 Å². The van der Waals surface area contributed by atoms with E-state index in [1.165, 1.54) is 0 Å². The number of hydrogen-bond acceptors (Lipinski definition) is 4. The van der Waals surface area contributed by atoms with Crippen LogP contribution in [0.5, 0.6) is 5.75 Å². The summed E-state index contributed by atoms with van der Waals surface area (Å²) in [5, 5.41) is 5.69. The number of unbranched alkanes of at least 4 members (excludes halogenated alkanes) is 1. The van der Waals surface area contributed by atoms with Gasteiger partial charge in [0.1, 0.15) is 12.4 Å². The van der Waals surface area contributed by atoms with Crippen molar-refractivity contribution in [2.24, 2.45) is 0 Å². The summed E-state index contributed by atoms with van der Waals surface area (Å²) < 4.78 is 10.8. The maximum Gasteiger partial charge on any atom is 0.255 e. The quantitative estimate of drug-likeness (QED) is 0.577. The Morgan fingerprint density at radius 3 is 2.14 bits per heavy atom. The van der Waals surface area contributed by atoms with E-state index in [0.29, 0.717) is 48.9 Å². The Morgan fingerprint density at radius 1 is 0.857 bits per heavy atom. The summed E-state index contributed by atoms with van der Waals surface area (Å²) in [5.41, 5.74) is 1.73. The molecular formula is C22H28N2O4. The molecule has 150 valence electrons. The third-order valence-corrected chi connectivity index (χ3v) is 4.04. The second kappa shape index (κ2) is 11.8. The van der Waals surface area contributed by atoms with Gasteiger partial charge in [-0.15, -0.1) is 0 Å². The lowest BCUT2D eigenvalue weighted by Crippen LogP contribution is -2.24. The number of carbonyl (C=O) groups is 2. The molecule has 6 nitrogen and oxygen atoms in total. The third-order valence-electron chi connectivity index (χ3n) is 4.04. The minimum atomic E-state index is -0.221. The molecule has 0 aliphatic heterocycles. The maximum absolute atomic E-state index is 12.4. The lowest BCUT2D eigenvalue weighted by atomic mass is 10.1. The number of carbonyl (C=O) groups excluding carboxylic acids is 2. The smallest absolute Gasteiger partial charge is 0.255 e. The van der Waals surface area contributed by atoms with Gasteiger partial charge in [-0.3, -0.25) is 9.59 Å². The normalized spacial score (nSPS) is 10.4. The van der Waals surface area contributed by atoms with Crippen molar-refractivity contribution in [2.45, 2.75) is 26.7 Å². The van der Waals surface area contributed by atoms with E-state index in [4.69, 9.17) is 9.47 Å². The molecule has 0 bridgehead atoms. The van der Waals surface area contributed by atoms with Crippen molar-refractivity contribution in [3.05, 3.63) is 59.7 Å². The summed E-state index contributed by atoms with van der Waals surface area (Å²) >= 11 is 0. The van der Waals surface area contributed by atoms with E-state index in [2.05, 4.69) is 17.6 Å². The van der Waals surface area contributed by atoms with Gasteiger partial charge >= 0.3 is 0 Å². The molecule has 0 aliphatic carbocycles. The molecule has 0 atom stereocenters. The maximum atomic E-state index is 12.4. The molecule has 2 aromatic rings. The molecule has 0 saturated carbocycles. The van der Waals surface area contributed by atoms with Crippen molar-refractivity contribution < 1.29 is 19.1 Å². The first kappa shape index (κ1) is 21.4. The largest absolute Gasteiger partial charge is 0.491 e. The molecule has 0 unspecified atom stereocenters. The molecule has 0 aromatic heterocycles. The van der Waals surface area contributed by atoms with Gasteiger partial charge in [0, 0.05) is 30.0 Å². The van der Waals surface area contributed by atoms with Crippen molar-refractivity contribution in [3.63, 3.8) is 0 Å². The molecular weight excluding hydrogens is 356 g/mol. The Hall–Kier alpha value is -2.86. The van der Waals surface area contributed by atoms with Crippen LogP contribution in [0.15, 0.2) is 48.5 Å². The fourth-order valence-electron chi connectivity index (χ4n) is 2.45. The molecule has 0 saturated heterocycles. The van der Waals surface area contributed by atoms with E-state index in [1.54, 1.807) is 48.5 Å². The number of hydrogen-bond donors (Lipinski definition) is 2. The van der Waals surface area contributed by atoms with Crippen LogP contribution in [0, 0.1) is 0 Å². The zero-order chi connectivity index (χ0) is 20.2. The van der Waals surface area contributed by atoms with E-state index in [1.807, 2.05) is 6.92 Å². The van der Waals surface area contributed by atoms with E-state index >= 15 is 0 Å². The zero-order valence-electron chi connectivity index (χ0n) is 16.5. The molecule has 2 rings (SSSR count). The molecule has 0 aliphatic rings. The summed E-state index contributed by atoms with van der Waals surface area (Å²) in [4.78, 5) is 24.4. The minimum absolute atomic E-state index is 0.105. The predicted octanol–water partition coefficient (Wildman–Crippen LogP) is 3.88. The second-order valence-electron chi connectivity index (χ2n) is 6.21. The Bertz CT molecular complexity index is 742. The van der Waals surface area contributed by atoms with Gasteiger partial charge in [0.05, 0.1) is 6.61 Å². The molecule has 0 fully saturated rings. The van der Waals surface area contributed by atoms with E-state index < -0.39 is 0 Å². The van der Waals surface area contributed by atoms with Crippen LogP contribution in [0.25, 0.3) is 0 Å². The highest BCUT2D eigenvalue weighted by Crippen LogP contribution is 2.15. The van der Waals surface area contributed by atoms with Gasteiger partial charge in [-0.05, 0) is 61.9 Å². The number of rotatable bonds is 11. The van der Waals surface area contributed by atoms with Crippen LogP contribution in [-0.4, -0.2) is 38.2 Å². The highest BCUT2D eigenvalue weighted by molar-refractivity contribution is 6.04. The van der Waals surface area contributed by atoms with Crippen molar-refractivity contribution in [1.29, 1.82) is 0 Å². The van der Waals surface area contributed by atoms with Crippen LogP contribution in [0.1, 0.15) is 47.4 Å². The van der Waals surface area contributed by atoms with Gasteiger partial charge in [-0.2, -0.15) is 0 Å². The standard InChI is InChI=1S/C22H28N2O4/c1-3-5-14-23-21(25)17-6-10-19(11-7-17)24-22(26)18-8-12-20(13-9-18)28-16-15-27-4-2/h6-13H,3-5,14-16H2,1-2H3,(H,23,25)(H,24,26). The predicted molar refractivity (Wildman–Crippen MR) is 110 cm³/mol. The molecule has 0 heterocycles. The van der Waals surface area contributed by atoms with Gasteiger partial charge < -0.3 is 20.1 Å². The first-order valence-corrected chi connectivity index (χ1v) is 9.64. The van der Waals surface area contributed by atoms with Gasteiger partial charge in [0.15, 0.2) is 0 Å². The van der Waals surface area contributed by atoms with Crippen molar-refractivity contribution in [1.82, 2.24) is 5.32 Å². The Labute approximate surface area is 166 Å². The van der Waals surface area contributed by atoms with Gasteiger partial charge in [0.2, 0.25) is 0 Å². The molecule has 2 N–H and O–H groups in total. The Morgan fingerprint density at radius 2 is 1.50 bits per heavy atom.